The SMILES string of the molecule is CCCC(O)(CCC)Cc1ccc(C)cc1Cl. The maximum atomic E-state index is 10.6. The molecule has 2 heteroatoms. The van der Waals surface area contributed by atoms with Gasteiger partial charge in [0.25, 0.3) is 0 Å². The fraction of sp³-hybridized carbons (Fsp3) is 0.600. The van der Waals surface area contributed by atoms with Crippen LogP contribution in [-0.2, 0) is 6.42 Å². The minimum absolute atomic E-state index is 0.595. The number of benzene rings is 1. The fourth-order valence-electron chi connectivity index (χ4n) is 2.38. The quantitative estimate of drug-likeness (QED) is 0.791. The highest BCUT2D eigenvalue weighted by Crippen LogP contribution is 2.28. The first kappa shape index (κ1) is 14.5. The van der Waals surface area contributed by atoms with E-state index in [2.05, 4.69) is 19.9 Å². The molecular formula is C15H23ClO. The smallest absolute Gasteiger partial charge is 0.0688 e. The van der Waals surface area contributed by atoms with Crippen molar-refractivity contribution in [3.05, 3.63) is 34.3 Å². The number of hydrogen-bond acceptors (Lipinski definition) is 1. The van der Waals surface area contributed by atoms with Gasteiger partial charge in [-0.25, -0.2) is 0 Å². The first-order chi connectivity index (χ1) is 8.00. The van der Waals surface area contributed by atoms with Crippen molar-refractivity contribution in [2.75, 3.05) is 0 Å². The van der Waals surface area contributed by atoms with Crippen molar-refractivity contribution >= 4 is 11.6 Å². The standard InChI is InChI=1S/C15H23ClO/c1-4-8-15(17,9-5-2)11-13-7-6-12(3)10-14(13)16/h6-7,10,17H,4-5,8-9,11H2,1-3H3. The molecule has 0 amide bonds. The molecule has 1 nitrogen and oxygen atoms in total. The number of aryl methyl sites for hydroxylation is 1. The summed E-state index contributed by atoms with van der Waals surface area (Å²) in [4.78, 5) is 0. The van der Waals surface area contributed by atoms with E-state index in [-0.39, 0.29) is 0 Å². The lowest BCUT2D eigenvalue weighted by Gasteiger charge is -2.28. The molecule has 0 unspecified atom stereocenters. The molecule has 0 heterocycles. The number of hydrogen-bond donors (Lipinski definition) is 1. The second-order valence-electron chi connectivity index (χ2n) is 5.00. The highest BCUT2D eigenvalue weighted by atomic mass is 35.5. The molecule has 0 bridgehead atoms. The van der Waals surface area contributed by atoms with Crippen LogP contribution in [0.4, 0.5) is 0 Å². The van der Waals surface area contributed by atoms with Crippen molar-refractivity contribution in [2.45, 2.75) is 58.5 Å². The van der Waals surface area contributed by atoms with Gasteiger partial charge in [0, 0.05) is 11.4 Å². The monoisotopic (exact) mass is 254 g/mol. The summed E-state index contributed by atoms with van der Waals surface area (Å²) >= 11 is 6.22. The summed E-state index contributed by atoms with van der Waals surface area (Å²) in [6.07, 6.45) is 4.34. The van der Waals surface area contributed by atoms with Gasteiger partial charge in [-0.2, -0.15) is 0 Å². The van der Waals surface area contributed by atoms with Crippen LogP contribution in [0, 0.1) is 6.92 Å². The van der Waals surface area contributed by atoms with Crippen molar-refractivity contribution in [1.82, 2.24) is 0 Å². The van der Waals surface area contributed by atoms with E-state index in [0.717, 1.165) is 41.8 Å². The van der Waals surface area contributed by atoms with Crippen molar-refractivity contribution in [2.24, 2.45) is 0 Å². The van der Waals surface area contributed by atoms with Crippen molar-refractivity contribution in [1.29, 1.82) is 0 Å². The molecule has 0 spiro atoms. The lowest BCUT2D eigenvalue weighted by Crippen LogP contribution is -2.31. The van der Waals surface area contributed by atoms with E-state index in [9.17, 15) is 5.11 Å². The molecule has 0 radical (unpaired) electrons. The van der Waals surface area contributed by atoms with Gasteiger partial charge >= 0.3 is 0 Å². The van der Waals surface area contributed by atoms with Gasteiger partial charge in [-0.3, -0.25) is 0 Å². The molecule has 0 aliphatic rings. The normalized spacial score (nSPS) is 11.8. The first-order valence-corrected chi connectivity index (χ1v) is 6.86. The Labute approximate surface area is 110 Å². The number of rotatable bonds is 6. The van der Waals surface area contributed by atoms with E-state index in [1.54, 1.807) is 0 Å². The van der Waals surface area contributed by atoms with E-state index in [0.29, 0.717) is 6.42 Å². The molecular weight excluding hydrogens is 232 g/mol. The minimum atomic E-state index is -0.595. The average molecular weight is 255 g/mol. The van der Waals surface area contributed by atoms with Gasteiger partial charge < -0.3 is 5.11 Å². The van der Waals surface area contributed by atoms with Crippen LogP contribution in [0.3, 0.4) is 0 Å². The Balaban J connectivity index is 2.85. The third-order valence-corrected chi connectivity index (χ3v) is 3.51. The van der Waals surface area contributed by atoms with E-state index < -0.39 is 5.60 Å². The zero-order valence-corrected chi connectivity index (χ0v) is 11.8. The van der Waals surface area contributed by atoms with Crippen LogP contribution in [-0.4, -0.2) is 10.7 Å². The van der Waals surface area contributed by atoms with Crippen LogP contribution in [0.2, 0.25) is 5.02 Å². The average Bonchev–Trinajstić information content (AvgIpc) is 2.23. The molecule has 96 valence electrons. The Bertz CT molecular complexity index is 354. The van der Waals surface area contributed by atoms with Gasteiger partial charge in [0.2, 0.25) is 0 Å². The third kappa shape index (κ3) is 4.33. The topological polar surface area (TPSA) is 20.2 Å². The van der Waals surface area contributed by atoms with Crippen molar-refractivity contribution < 1.29 is 5.11 Å². The molecule has 0 fully saturated rings. The van der Waals surface area contributed by atoms with Crippen molar-refractivity contribution in [3.8, 4) is 0 Å². The van der Waals surface area contributed by atoms with E-state index >= 15 is 0 Å². The Morgan fingerprint density at radius 3 is 2.24 bits per heavy atom. The zero-order valence-electron chi connectivity index (χ0n) is 11.1. The molecule has 0 saturated carbocycles. The number of halogens is 1. The molecule has 0 aliphatic carbocycles. The summed E-state index contributed by atoms with van der Waals surface area (Å²) < 4.78 is 0. The van der Waals surface area contributed by atoms with E-state index in [4.69, 9.17) is 11.6 Å². The molecule has 0 saturated heterocycles. The predicted molar refractivity (Wildman–Crippen MR) is 74.7 cm³/mol. The second-order valence-corrected chi connectivity index (χ2v) is 5.40. The Morgan fingerprint density at radius 2 is 1.76 bits per heavy atom. The van der Waals surface area contributed by atoms with Crippen LogP contribution in [0.25, 0.3) is 0 Å². The van der Waals surface area contributed by atoms with Gasteiger partial charge in [-0.05, 0) is 37.0 Å². The summed E-state index contributed by atoms with van der Waals surface area (Å²) in [5.41, 5.74) is 1.62. The van der Waals surface area contributed by atoms with Gasteiger partial charge in [-0.15, -0.1) is 0 Å². The largest absolute Gasteiger partial charge is 0.390 e. The zero-order chi connectivity index (χ0) is 12.9. The van der Waals surface area contributed by atoms with E-state index in [1.165, 1.54) is 0 Å². The first-order valence-electron chi connectivity index (χ1n) is 6.48. The number of aliphatic hydroxyl groups is 1. The van der Waals surface area contributed by atoms with Crippen LogP contribution in [0.1, 0.15) is 50.7 Å². The maximum Gasteiger partial charge on any atom is 0.0688 e. The lowest BCUT2D eigenvalue weighted by atomic mass is 9.86. The molecule has 1 rings (SSSR count). The summed E-state index contributed by atoms with van der Waals surface area (Å²) in [6, 6.07) is 6.06. The summed E-state index contributed by atoms with van der Waals surface area (Å²) in [5.74, 6) is 0. The highest BCUT2D eigenvalue weighted by molar-refractivity contribution is 6.31. The highest BCUT2D eigenvalue weighted by Gasteiger charge is 2.25. The molecule has 0 aromatic heterocycles. The summed E-state index contributed by atoms with van der Waals surface area (Å²) in [5, 5.41) is 11.4. The second kappa shape index (κ2) is 6.42. The Hall–Kier alpha value is -0.530. The van der Waals surface area contributed by atoms with Crippen LogP contribution in [0.5, 0.6) is 0 Å². The van der Waals surface area contributed by atoms with Crippen LogP contribution >= 0.6 is 11.6 Å². The van der Waals surface area contributed by atoms with Gasteiger partial charge in [-0.1, -0.05) is 50.4 Å². The van der Waals surface area contributed by atoms with E-state index in [1.807, 2.05) is 19.1 Å². The van der Waals surface area contributed by atoms with Gasteiger partial charge in [0.1, 0.15) is 0 Å². The van der Waals surface area contributed by atoms with Gasteiger partial charge in [0.15, 0.2) is 0 Å². The Morgan fingerprint density at radius 1 is 1.18 bits per heavy atom. The van der Waals surface area contributed by atoms with Crippen molar-refractivity contribution in [3.63, 3.8) is 0 Å². The summed E-state index contributed by atoms with van der Waals surface area (Å²) in [7, 11) is 0. The fourth-order valence-corrected chi connectivity index (χ4v) is 2.68. The molecule has 1 N–H and O–H groups in total. The molecule has 0 atom stereocenters. The third-order valence-electron chi connectivity index (χ3n) is 3.16. The molecule has 0 aliphatic heterocycles. The molecule has 1 aromatic rings. The van der Waals surface area contributed by atoms with Crippen LogP contribution < -0.4 is 0 Å². The summed E-state index contributed by atoms with van der Waals surface area (Å²) in [6.45, 7) is 6.24. The molecule has 17 heavy (non-hydrogen) atoms. The van der Waals surface area contributed by atoms with Gasteiger partial charge in [0.05, 0.1) is 5.60 Å². The predicted octanol–water partition coefficient (Wildman–Crippen LogP) is 4.52. The Kier molecular flexibility index (Phi) is 5.48. The lowest BCUT2D eigenvalue weighted by molar-refractivity contribution is 0.0216. The molecule has 1 aromatic carbocycles. The van der Waals surface area contributed by atoms with Crippen LogP contribution in [0.15, 0.2) is 18.2 Å². The maximum absolute atomic E-state index is 10.6. The minimum Gasteiger partial charge on any atom is -0.390 e.